The maximum atomic E-state index is 12.7. The molecule has 152 valence electrons. The minimum absolute atomic E-state index is 0.0585. The van der Waals surface area contributed by atoms with Gasteiger partial charge < -0.3 is 9.88 Å². The van der Waals surface area contributed by atoms with Crippen molar-refractivity contribution in [1.82, 2.24) is 14.9 Å². The molecular formula is C23H21N3O3S. The van der Waals surface area contributed by atoms with Gasteiger partial charge in [-0.05, 0) is 36.4 Å². The van der Waals surface area contributed by atoms with Gasteiger partial charge in [0.25, 0.3) is 5.91 Å². The highest BCUT2D eigenvalue weighted by atomic mass is 32.2. The number of aryl methyl sites for hydroxylation is 1. The van der Waals surface area contributed by atoms with Crippen LogP contribution in [0.1, 0.15) is 16.2 Å². The van der Waals surface area contributed by atoms with Gasteiger partial charge in [-0.25, -0.2) is 13.4 Å². The molecule has 1 aromatic heterocycles. The maximum absolute atomic E-state index is 12.7. The zero-order chi connectivity index (χ0) is 21.0. The molecule has 0 bridgehead atoms. The molecule has 1 N–H and O–H groups in total. The van der Waals surface area contributed by atoms with Crippen molar-refractivity contribution >= 4 is 26.8 Å². The number of imidazole rings is 1. The van der Waals surface area contributed by atoms with E-state index < -0.39 is 9.84 Å². The maximum Gasteiger partial charge on any atom is 0.251 e. The first kappa shape index (κ1) is 19.8. The van der Waals surface area contributed by atoms with E-state index in [1.807, 2.05) is 34.9 Å². The van der Waals surface area contributed by atoms with Crippen LogP contribution in [0.2, 0.25) is 0 Å². The molecule has 7 heteroatoms. The van der Waals surface area contributed by atoms with Crippen LogP contribution in [0.3, 0.4) is 0 Å². The fourth-order valence-corrected chi connectivity index (χ4v) is 4.55. The number of nitrogens with zero attached hydrogens (tertiary/aromatic N) is 2. The number of aromatic nitrogens is 2. The van der Waals surface area contributed by atoms with Crippen LogP contribution in [0.5, 0.6) is 0 Å². The molecular weight excluding hydrogens is 398 g/mol. The van der Waals surface area contributed by atoms with Crippen LogP contribution in [0, 0.1) is 0 Å². The average Bonchev–Trinajstić information content (AvgIpc) is 3.15. The number of carbonyl (C=O) groups is 1. The van der Waals surface area contributed by atoms with E-state index in [9.17, 15) is 13.2 Å². The summed E-state index contributed by atoms with van der Waals surface area (Å²) in [5.41, 5.74) is 2.16. The fourth-order valence-electron chi connectivity index (χ4n) is 3.32. The number of hydrogen-bond acceptors (Lipinski definition) is 4. The van der Waals surface area contributed by atoms with E-state index >= 15 is 0 Å². The Bertz CT molecular complexity index is 1270. The summed E-state index contributed by atoms with van der Waals surface area (Å²) in [6, 6.07) is 24.9. The number of amides is 1. The topological polar surface area (TPSA) is 81.1 Å². The molecule has 0 aliphatic carbocycles. The van der Waals surface area contributed by atoms with Crippen LogP contribution in [-0.4, -0.2) is 29.6 Å². The van der Waals surface area contributed by atoms with Gasteiger partial charge in [0.2, 0.25) is 0 Å². The molecule has 4 rings (SSSR count). The molecule has 0 saturated heterocycles. The van der Waals surface area contributed by atoms with Gasteiger partial charge in [-0.2, -0.15) is 0 Å². The third kappa shape index (κ3) is 4.26. The van der Waals surface area contributed by atoms with Gasteiger partial charge in [-0.1, -0.05) is 48.5 Å². The molecule has 1 heterocycles. The molecule has 0 spiro atoms. The minimum atomic E-state index is -3.43. The summed E-state index contributed by atoms with van der Waals surface area (Å²) in [6.07, 6.45) is 0. The van der Waals surface area contributed by atoms with Gasteiger partial charge in [0, 0.05) is 12.1 Å². The number of benzene rings is 3. The second-order valence-electron chi connectivity index (χ2n) is 6.85. The summed E-state index contributed by atoms with van der Waals surface area (Å²) in [5.74, 6) is 0.353. The van der Waals surface area contributed by atoms with E-state index in [0.717, 1.165) is 11.0 Å². The van der Waals surface area contributed by atoms with Crippen molar-refractivity contribution in [2.75, 3.05) is 5.75 Å². The summed E-state index contributed by atoms with van der Waals surface area (Å²) < 4.78 is 27.3. The Morgan fingerprint density at radius 1 is 0.867 bits per heavy atom. The van der Waals surface area contributed by atoms with Crippen LogP contribution in [0.4, 0.5) is 0 Å². The number of fused-ring (bicyclic) bond motifs is 1. The normalized spacial score (nSPS) is 11.5. The number of nitrogens with one attached hydrogen (secondary N) is 1. The molecule has 3 aromatic carbocycles. The Morgan fingerprint density at radius 2 is 1.50 bits per heavy atom. The van der Waals surface area contributed by atoms with Gasteiger partial charge in [0.05, 0.1) is 28.2 Å². The van der Waals surface area contributed by atoms with E-state index in [1.165, 1.54) is 0 Å². The largest absolute Gasteiger partial charge is 0.345 e. The zero-order valence-corrected chi connectivity index (χ0v) is 17.0. The molecule has 0 fully saturated rings. The van der Waals surface area contributed by atoms with Crippen molar-refractivity contribution in [3.05, 3.63) is 96.3 Å². The summed E-state index contributed by atoms with van der Waals surface area (Å²) in [5, 5.41) is 2.87. The first-order chi connectivity index (χ1) is 14.5. The molecule has 0 unspecified atom stereocenters. The third-order valence-corrected chi connectivity index (χ3v) is 6.57. The lowest BCUT2D eigenvalue weighted by atomic mass is 10.2. The highest BCUT2D eigenvalue weighted by Crippen LogP contribution is 2.18. The number of rotatable bonds is 7. The molecule has 0 atom stereocenters. The Balaban J connectivity index is 1.57. The SMILES string of the molecule is O=C(NCc1nc2ccccc2n1CCS(=O)(=O)c1ccccc1)c1ccccc1. The van der Waals surface area contributed by atoms with Crippen molar-refractivity contribution in [1.29, 1.82) is 0 Å². The first-order valence-electron chi connectivity index (χ1n) is 9.60. The van der Waals surface area contributed by atoms with E-state index in [1.54, 1.807) is 54.6 Å². The molecule has 0 aliphatic rings. The lowest BCUT2D eigenvalue weighted by molar-refractivity contribution is 0.0949. The summed E-state index contributed by atoms with van der Waals surface area (Å²) in [7, 11) is -3.43. The Hall–Kier alpha value is -3.45. The minimum Gasteiger partial charge on any atom is -0.345 e. The van der Waals surface area contributed by atoms with Gasteiger partial charge in [-0.3, -0.25) is 4.79 Å². The number of sulfone groups is 1. The van der Waals surface area contributed by atoms with Gasteiger partial charge in [0.15, 0.2) is 9.84 Å². The van der Waals surface area contributed by atoms with Crippen molar-refractivity contribution in [2.45, 2.75) is 18.0 Å². The predicted molar refractivity (Wildman–Crippen MR) is 116 cm³/mol. The number of carbonyl (C=O) groups excluding carboxylic acids is 1. The van der Waals surface area contributed by atoms with E-state index in [-0.39, 0.29) is 24.7 Å². The van der Waals surface area contributed by atoms with Crippen molar-refractivity contribution in [3.63, 3.8) is 0 Å². The molecule has 1 amide bonds. The predicted octanol–water partition coefficient (Wildman–Crippen LogP) is 3.44. The lowest BCUT2D eigenvalue weighted by Crippen LogP contribution is -2.25. The zero-order valence-electron chi connectivity index (χ0n) is 16.2. The van der Waals surface area contributed by atoms with E-state index in [2.05, 4.69) is 10.3 Å². The molecule has 6 nitrogen and oxygen atoms in total. The molecule has 0 aliphatic heterocycles. The van der Waals surface area contributed by atoms with E-state index in [4.69, 9.17) is 0 Å². The third-order valence-electron chi connectivity index (χ3n) is 4.86. The highest BCUT2D eigenvalue weighted by molar-refractivity contribution is 7.91. The second-order valence-corrected chi connectivity index (χ2v) is 8.96. The number of para-hydroxylation sites is 2. The lowest BCUT2D eigenvalue weighted by Gasteiger charge is -2.11. The van der Waals surface area contributed by atoms with Gasteiger partial charge in [0.1, 0.15) is 5.82 Å². The van der Waals surface area contributed by atoms with Gasteiger partial charge >= 0.3 is 0 Å². The summed E-state index contributed by atoms with van der Waals surface area (Å²) >= 11 is 0. The molecule has 0 radical (unpaired) electrons. The van der Waals surface area contributed by atoms with Gasteiger partial charge in [-0.15, -0.1) is 0 Å². The Morgan fingerprint density at radius 3 is 2.23 bits per heavy atom. The Kier molecular flexibility index (Phi) is 5.63. The van der Waals surface area contributed by atoms with Crippen molar-refractivity contribution < 1.29 is 13.2 Å². The quantitative estimate of drug-likeness (QED) is 0.498. The van der Waals surface area contributed by atoms with Crippen molar-refractivity contribution in [2.24, 2.45) is 0 Å². The molecule has 0 saturated carbocycles. The summed E-state index contributed by atoms with van der Waals surface area (Å²) in [6.45, 7) is 0.447. The van der Waals surface area contributed by atoms with Crippen molar-refractivity contribution in [3.8, 4) is 0 Å². The van der Waals surface area contributed by atoms with E-state index in [0.29, 0.717) is 16.3 Å². The molecule has 4 aromatic rings. The van der Waals surface area contributed by atoms with Crippen LogP contribution in [-0.2, 0) is 22.9 Å². The summed E-state index contributed by atoms with van der Waals surface area (Å²) in [4.78, 5) is 17.3. The Labute approximate surface area is 175 Å². The smallest absolute Gasteiger partial charge is 0.251 e. The fraction of sp³-hybridized carbons (Fsp3) is 0.130. The average molecular weight is 420 g/mol. The van der Waals surface area contributed by atoms with Crippen LogP contribution < -0.4 is 5.32 Å². The van der Waals surface area contributed by atoms with Crippen LogP contribution >= 0.6 is 0 Å². The van der Waals surface area contributed by atoms with Crippen LogP contribution in [0.15, 0.2) is 89.8 Å². The van der Waals surface area contributed by atoms with Crippen LogP contribution in [0.25, 0.3) is 11.0 Å². The second kappa shape index (κ2) is 8.51. The standard InChI is InChI=1S/C23H21N3O3S/c27-23(18-9-3-1-4-10-18)24-17-22-25-20-13-7-8-14-21(20)26(22)15-16-30(28,29)19-11-5-2-6-12-19/h1-14H,15-17H2,(H,24,27). The highest BCUT2D eigenvalue weighted by Gasteiger charge is 2.17. The molecule has 30 heavy (non-hydrogen) atoms. The number of hydrogen-bond donors (Lipinski definition) is 1. The monoisotopic (exact) mass is 419 g/mol. The first-order valence-corrected chi connectivity index (χ1v) is 11.2.